The molecule has 4 N–H and O–H groups in total. The van der Waals surface area contributed by atoms with Crippen molar-refractivity contribution in [1.82, 2.24) is 10.3 Å². The van der Waals surface area contributed by atoms with Crippen LogP contribution >= 0.6 is 11.3 Å². The second-order valence-corrected chi connectivity index (χ2v) is 5.81. The fourth-order valence-electron chi connectivity index (χ4n) is 1.86. The minimum absolute atomic E-state index is 0.0221. The van der Waals surface area contributed by atoms with Crippen LogP contribution in [0.25, 0.3) is 0 Å². The molecule has 5 nitrogen and oxygen atoms in total. The molecule has 0 spiro atoms. The van der Waals surface area contributed by atoms with Crippen LogP contribution in [0.3, 0.4) is 0 Å². The zero-order valence-corrected chi connectivity index (χ0v) is 12.9. The molecule has 0 radical (unpaired) electrons. The maximum atomic E-state index is 11.8. The summed E-state index contributed by atoms with van der Waals surface area (Å²) < 4.78 is 0. The summed E-state index contributed by atoms with van der Waals surface area (Å²) in [5.41, 5.74) is 6.27. The summed E-state index contributed by atoms with van der Waals surface area (Å²) in [6.07, 6.45) is 5.25. The van der Waals surface area contributed by atoms with Crippen LogP contribution < -0.4 is 11.1 Å². The minimum Gasteiger partial charge on any atom is -0.394 e. The largest absolute Gasteiger partial charge is 0.394 e. The summed E-state index contributed by atoms with van der Waals surface area (Å²) in [7, 11) is 0. The lowest BCUT2D eigenvalue weighted by Gasteiger charge is -2.13. The van der Waals surface area contributed by atoms with E-state index in [0.717, 1.165) is 49.4 Å². The molecule has 0 saturated heterocycles. The average Bonchev–Trinajstić information content (AvgIpc) is 2.88. The van der Waals surface area contributed by atoms with Gasteiger partial charge >= 0.3 is 0 Å². The lowest BCUT2D eigenvalue weighted by atomic mass is 10.2. The van der Waals surface area contributed by atoms with Crippen LogP contribution in [0.4, 0.5) is 0 Å². The molecular weight excluding hydrogens is 274 g/mol. The van der Waals surface area contributed by atoms with E-state index in [1.165, 1.54) is 0 Å². The molecule has 0 bridgehead atoms. The van der Waals surface area contributed by atoms with Crippen molar-refractivity contribution in [2.24, 2.45) is 5.73 Å². The molecule has 1 rings (SSSR count). The molecule has 0 aromatic carbocycles. The fraction of sp³-hybridized carbons (Fsp3) is 0.714. The molecule has 1 atom stereocenters. The van der Waals surface area contributed by atoms with Gasteiger partial charge in [0.05, 0.1) is 29.8 Å². The number of nitrogens with zero attached hydrogens (tertiary/aromatic N) is 1. The minimum atomic E-state index is -0.156. The van der Waals surface area contributed by atoms with Crippen molar-refractivity contribution in [2.75, 3.05) is 13.2 Å². The van der Waals surface area contributed by atoms with Gasteiger partial charge in [0.1, 0.15) is 0 Å². The Morgan fingerprint density at radius 1 is 1.50 bits per heavy atom. The van der Waals surface area contributed by atoms with Crippen molar-refractivity contribution >= 4 is 17.2 Å². The molecule has 1 aromatic heterocycles. The Hall–Kier alpha value is -0.980. The number of unbranched alkanes of at least 4 members (excludes halogenated alkanes) is 2. The quantitative estimate of drug-likeness (QED) is 0.567. The van der Waals surface area contributed by atoms with Crippen molar-refractivity contribution in [3.05, 3.63) is 16.1 Å². The topological polar surface area (TPSA) is 88.2 Å². The van der Waals surface area contributed by atoms with Crippen LogP contribution in [-0.4, -0.2) is 35.2 Å². The van der Waals surface area contributed by atoms with Gasteiger partial charge in [-0.05, 0) is 32.2 Å². The Kier molecular flexibility index (Phi) is 8.41. The molecule has 20 heavy (non-hydrogen) atoms. The number of aliphatic hydroxyl groups excluding tert-OH is 1. The Morgan fingerprint density at radius 3 is 2.95 bits per heavy atom. The second-order valence-electron chi connectivity index (χ2n) is 4.86. The Morgan fingerprint density at radius 2 is 2.30 bits per heavy atom. The van der Waals surface area contributed by atoms with Gasteiger partial charge < -0.3 is 16.2 Å². The van der Waals surface area contributed by atoms with E-state index in [1.54, 1.807) is 11.3 Å². The number of thiazole rings is 1. The van der Waals surface area contributed by atoms with Gasteiger partial charge in [-0.2, -0.15) is 0 Å². The summed E-state index contributed by atoms with van der Waals surface area (Å²) in [5, 5.41) is 14.9. The maximum absolute atomic E-state index is 11.8. The van der Waals surface area contributed by atoms with Crippen molar-refractivity contribution < 1.29 is 9.90 Å². The van der Waals surface area contributed by atoms with Crippen LogP contribution in [-0.2, 0) is 17.6 Å². The maximum Gasteiger partial charge on any atom is 0.226 e. The Balaban J connectivity index is 2.33. The Labute approximate surface area is 124 Å². The molecule has 6 heteroatoms. The highest BCUT2D eigenvalue weighted by molar-refractivity contribution is 7.09. The predicted octanol–water partition coefficient (Wildman–Crippen LogP) is 1.24. The first-order valence-corrected chi connectivity index (χ1v) is 8.11. The van der Waals surface area contributed by atoms with E-state index in [1.807, 2.05) is 12.3 Å². The van der Waals surface area contributed by atoms with E-state index >= 15 is 0 Å². The third-order valence-electron chi connectivity index (χ3n) is 3.11. The van der Waals surface area contributed by atoms with Crippen molar-refractivity contribution in [3.8, 4) is 0 Å². The number of carbonyl (C=O) groups is 1. The summed E-state index contributed by atoms with van der Waals surface area (Å²) >= 11 is 1.61. The molecule has 1 unspecified atom stereocenters. The van der Waals surface area contributed by atoms with Gasteiger partial charge in [-0.1, -0.05) is 13.3 Å². The first-order valence-electron chi connectivity index (χ1n) is 7.23. The third-order valence-corrected chi connectivity index (χ3v) is 4.07. The number of aryl methyl sites for hydroxylation is 1. The van der Waals surface area contributed by atoms with E-state index in [-0.39, 0.29) is 25.0 Å². The highest BCUT2D eigenvalue weighted by Crippen LogP contribution is 2.13. The predicted molar refractivity (Wildman–Crippen MR) is 81.7 cm³/mol. The van der Waals surface area contributed by atoms with E-state index in [0.29, 0.717) is 0 Å². The number of amides is 1. The van der Waals surface area contributed by atoms with Crippen LogP contribution in [0.2, 0.25) is 0 Å². The third kappa shape index (κ3) is 6.45. The number of hydrogen-bond acceptors (Lipinski definition) is 5. The summed E-state index contributed by atoms with van der Waals surface area (Å²) in [4.78, 5) is 16.2. The monoisotopic (exact) mass is 299 g/mol. The number of nitrogens with one attached hydrogen (secondary N) is 1. The Bertz CT molecular complexity index is 392. The zero-order chi connectivity index (χ0) is 14.8. The lowest BCUT2D eigenvalue weighted by molar-refractivity contribution is -0.121. The summed E-state index contributed by atoms with van der Waals surface area (Å²) in [5.74, 6) is -0.0779. The van der Waals surface area contributed by atoms with Gasteiger partial charge in [0.15, 0.2) is 0 Å². The fourth-order valence-corrected chi connectivity index (χ4v) is 2.70. The van der Waals surface area contributed by atoms with Crippen LogP contribution in [0.5, 0.6) is 0 Å². The molecule has 1 amide bonds. The highest BCUT2D eigenvalue weighted by Gasteiger charge is 2.11. The molecule has 1 heterocycles. The number of aliphatic hydroxyl groups is 1. The van der Waals surface area contributed by atoms with Crippen molar-refractivity contribution in [3.63, 3.8) is 0 Å². The van der Waals surface area contributed by atoms with E-state index in [2.05, 4.69) is 10.3 Å². The van der Waals surface area contributed by atoms with E-state index < -0.39 is 0 Å². The van der Waals surface area contributed by atoms with Crippen LogP contribution in [0, 0.1) is 0 Å². The first kappa shape index (κ1) is 17.1. The van der Waals surface area contributed by atoms with Crippen LogP contribution in [0.1, 0.15) is 43.3 Å². The normalized spacial score (nSPS) is 12.3. The van der Waals surface area contributed by atoms with E-state index in [9.17, 15) is 4.79 Å². The summed E-state index contributed by atoms with van der Waals surface area (Å²) in [6.45, 7) is 2.65. The van der Waals surface area contributed by atoms with Gasteiger partial charge in [0, 0.05) is 5.38 Å². The van der Waals surface area contributed by atoms with Crippen molar-refractivity contribution in [1.29, 1.82) is 0 Å². The van der Waals surface area contributed by atoms with Gasteiger partial charge in [0.2, 0.25) is 5.91 Å². The molecule has 0 aliphatic rings. The highest BCUT2D eigenvalue weighted by atomic mass is 32.1. The second kappa shape index (κ2) is 9.85. The molecular formula is C14H25N3O2S. The molecule has 114 valence electrons. The number of nitrogens with two attached hydrogens (primary N) is 1. The van der Waals surface area contributed by atoms with Gasteiger partial charge in [0.25, 0.3) is 0 Å². The van der Waals surface area contributed by atoms with Gasteiger partial charge in [-0.25, -0.2) is 4.98 Å². The SMILES string of the molecule is CCC(CO)NC(=O)Cc1csc(CCCCCN)n1. The molecule has 1 aromatic rings. The van der Waals surface area contributed by atoms with Crippen LogP contribution in [0.15, 0.2) is 5.38 Å². The standard InChI is InChI=1S/C14H25N3O2S/c1-2-11(9-18)16-13(19)8-12-10-20-14(17-12)6-4-3-5-7-15/h10-11,18H,2-9,15H2,1H3,(H,16,19). The molecule has 0 fully saturated rings. The van der Waals surface area contributed by atoms with Crippen molar-refractivity contribution in [2.45, 2.75) is 51.5 Å². The van der Waals surface area contributed by atoms with E-state index in [4.69, 9.17) is 10.8 Å². The van der Waals surface area contributed by atoms with Gasteiger partial charge in [-0.3, -0.25) is 4.79 Å². The molecule has 0 saturated carbocycles. The zero-order valence-electron chi connectivity index (χ0n) is 12.1. The summed E-state index contributed by atoms with van der Waals surface area (Å²) in [6, 6.07) is -0.156. The van der Waals surface area contributed by atoms with Gasteiger partial charge in [-0.15, -0.1) is 11.3 Å². The number of rotatable bonds is 10. The lowest BCUT2D eigenvalue weighted by Crippen LogP contribution is -2.37. The molecule has 0 aliphatic heterocycles. The average molecular weight is 299 g/mol. The number of carbonyl (C=O) groups excluding carboxylic acids is 1. The smallest absolute Gasteiger partial charge is 0.226 e. The number of aromatic nitrogens is 1. The molecule has 0 aliphatic carbocycles. The first-order chi connectivity index (χ1) is 9.69. The number of hydrogen-bond donors (Lipinski definition) is 3.